The van der Waals surface area contributed by atoms with E-state index in [0.29, 0.717) is 18.3 Å². The van der Waals surface area contributed by atoms with Crippen LogP contribution in [0.2, 0.25) is 0 Å². The molecule has 1 aliphatic carbocycles. The Labute approximate surface area is 170 Å². The van der Waals surface area contributed by atoms with Gasteiger partial charge in [-0.2, -0.15) is 5.10 Å². The van der Waals surface area contributed by atoms with Gasteiger partial charge in [-0.05, 0) is 49.9 Å². The number of hydrogen-bond acceptors (Lipinski definition) is 5. The van der Waals surface area contributed by atoms with Crippen molar-refractivity contribution in [3.05, 3.63) is 71.2 Å². The SMILES string of the molecule is CCn1nc(C(=O)N(C)Cc2ccco2)c2c1CC[C@@H](NCc1cccnc1)C2. The van der Waals surface area contributed by atoms with E-state index in [2.05, 4.69) is 28.4 Å². The Morgan fingerprint density at radius 2 is 2.28 bits per heavy atom. The zero-order valence-electron chi connectivity index (χ0n) is 17.0. The number of nitrogens with one attached hydrogen (secondary N) is 1. The molecule has 0 saturated carbocycles. The van der Waals surface area contributed by atoms with Crippen molar-refractivity contribution in [2.45, 2.75) is 51.9 Å². The molecule has 0 fully saturated rings. The second-order valence-electron chi connectivity index (χ2n) is 7.51. The maximum Gasteiger partial charge on any atom is 0.274 e. The molecular formula is C22H27N5O2. The molecule has 3 aromatic heterocycles. The van der Waals surface area contributed by atoms with Crippen molar-refractivity contribution in [2.24, 2.45) is 0 Å². The first-order chi connectivity index (χ1) is 14.2. The average Bonchev–Trinajstić information content (AvgIpc) is 3.39. The van der Waals surface area contributed by atoms with Crippen LogP contribution in [-0.4, -0.2) is 38.7 Å². The molecular weight excluding hydrogens is 366 g/mol. The summed E-state index contributed by atoms with van der Waals surface area (Å²) >= 11 is 0. The van der Waals surface area contributed by atoms with Crippen molar-refractivity contribution in [2.75, 3.05) is 7.05 Å². The molecule has 7 heteroatoms. The zero-order valence-corrected chi connectivity index (χ0v) is 17.0. The molecule has 0 saturated heterocycles. The lowest BCUT2D eigenvalue weighted by molar-refractivity contribution is 0.0767. The van der Waals surface area contributed by atoms with E-state index in [9.17, 15) is 4.79 Å². The van der Waals surface area contributed by atoms with Crippen LogP contribution in [0.5, 0.6) is 0 Å². The van der Waals surface area contributed by atoms with Crippen LogP contribution in [0.15, 0.2) is 47.3 Å². The third-order valence-corrected chi connectivity index (χ3v) is 5.49. The number of aryl methyl sites for hydroxylation is 1. The normalized spacial score (nSPS) is 15.9. The molecule has 4 rings (SSSR count). The van der Waals surface area contributed by atoms with Crippen molar-refractivity contribution in [3.63, 3.8) is 0 Å². The molecule has 3 aromatic rings. The summed E-state index contributed by atoms with van der Waals surface area (Å²) in [6, 6.07) is 8.05. The van der Waals surface area contributed by atoms with Crippen molar-refractivity contribution >= 4 is 5.91 Å². The number of carbonyl (C=O) groups excluding carboxylic acids is 1. The molecule has 0 radical (unpaired) electrons. The molecule has 0 bridgehead atoms. The van der Waals surface area contributed by atoms with Gasteiger partial charge in [-0.1, -0.05) is 6.07 Å². The Balaban J connectivity index is 1.49. The summed E-state index contributed by atoms with van der Waals surface area (Å²) in [6.07, 6.45) is 8.07. The Morgan fingerprint density at radius 1 is 1.38 bits per heavy atom. The number of carbonyl (C=O) groups is 1. The van der Waals surface area contributed by atoms with E-state index in [1.54, 1.807) is 24.4 Å². The Morgan fingerprint density at radius 3 is 3.00 bits per heavy atom. The number of furan rings is 1. The van der Waals surface area contributed by atoms with E-state index in [-0.39, 0.29) is 5.91 Å². The summed E-state index contributed by atoms with van der Waals surface area (Å²) in [5.74, 6) is 0.707. The maximum absolute atomic E-state index is 13.1. The lowest BCUT2D eigenvalue weighted by Gasteiger charge is -2.25. The quantitative estimate of drug-likeness (QED) is 0.668. The maximum atomic E-state index is 13.1. The van der Waals surface area contributed by atoms with Gasteiger partial charge >= 0.3 is 0 Å². The molecule has 7 nitrogen and oxygen atoms in total. The highest BCUT2D eigenvalue weighted by Gasteiger charge is 2.30. The van der Waals surface area contributed by atoms with E-state index in [4.69, 9.17) is 4.42 Å². The standard InChI is InChI=1S/C22H27N5O2/c1-3-27-20-9-8-17(24-14-16-6-4-10-23-13-16)12-19(20)21(25-27)22(28)26(2)15-18-7-5-11-29-18/h4-7,10-11,13,17,24H,3,8-9,12,14-15H2,1-2H3/t17-/m1/s1. The smallest absolute Gasteiger partial charge is 0.274 e. The van der Waals surface area contributed by atoms with Gasteiger partial charge in [0, 0.05) is 49.8 Å². The summed E-state index contributed by atoms with van der Waals surface area (Å²) < 4.78 is 7.37. The lowest BCUT2D eigenvalue weighted by Crippen LogP contribution is -2.35. The molecule has 1 aliphatic rings. The molecule has 152 valence electrons. The van der Waals surface area contributed by atoms with Crippen LogP contribution in [0.3, 0.4) is 0 Å². The number of amides is 1. The molecule has 29 heavy (non-hydrogen) atoms. The minimum atomic E-state index is -0.0576. The van der Waals surface area contributed by atoms with E-state index in [1.165, 1.54) is 5.69 Å². The molecule has 1 N–H and O–H groups in total. The van der Waals surface area contributed by atoms with E-state index < -0.39 is 0 Å². The van der Waals surface area contributed by atoms with Gasteiger partial charge < -0.3 is 14.6 Å². The minimum Gasteiger partial charge on any atom is -0.467 e. The highest BCUT2D eigenvalue weighted by Crippen LogP contribution is 2.26. The first-order valence-electron chi connectivity index (χ1n) is 10.1. The van der Waals surface area contributed by atoms with E-state index >= 15 is 0 Å². The van der Waals surface area contributed by atoms with E-state index in [0.717, 1.165) is 49.2 Å². The predicted octanol–water partition coefficient (Wildman–Crippen LogP) is 2.81. The van der Waals surface area contributed by atoms with Gasteiger partial charge in [-0.3, -0.25) is 14.5 Å². The van der Waals surface area contributed by atoms with Crippen molar-refractivity contribution in [1.82, 2.24) is 25.0 Å². The number of rotatable bonds is 7. The molecule has 0 unspecified atom stereocenters. The van der Waals surface area contributed by atoms with Gasteiger partial charge in [-0.25, -0.2) is 0 Å². The molecule has 1 atom stereocenters. The summed E-state index contributed by atoms with van der Waals surface area (Å²) in [7, 11) is 1.79. The van der Waals surface area contributed by atoms with Crippen LogP contribution in [0.1, 0.15) is 46.4 Å². The largest absolute Gasteiger partial charge is 0.467 e. The van der Waals surface area contributed by atoms with Gasteiger partial charge in [0.1, 0.15) is 5.76 Å². The highest BCUT2D eigenvalue weighted by atomic mass is 16.3. The van der Waals surface area contributed by atoms with Gasteiger partial charge in [0.15, 0.2) is 5.69 Å². The fourth-order valence-electron chi connectivity index (χ4n) is 3.95. The monoisotopic (exact) mass is 393 g/mol. The fraction of sp³-hybridized carbons (Fsp3) is 0.409. The topological polar surface area (TPSA) is 76.2 Å². The first kappa shape index (κ1) is 19.4. The van der Waals surface area contributed by atoms with Gasteiger partial charge in [0.25, 0.3) is 5.91 Å². The summed E-state index contributed by atoms with van der Waals surface area (Å²) in [5.41, 5.74) is 4.01. The summed E-state index contributed by atoms with van der Waals surface area (Å²) in [6.45, 7) is 4.05. The molecule has 0 aromatic carbocycles. The van der Waals surface area contributed by atoms with Crippen molar-refractivity contribution < 1.29 is 9.21 Å². The van der Waals surface area contributed by atoms with Crippen LogP contribution in [0.4, 0.5) is 0 Å². The van der Waals surface area contributed by atoms with Crippen molar-refractivity contribution in [1.29, 1.82) is 0 Å². The Hall–Kier alpha value is -2.93. The van der Waals surface area contributed by atoms with Crippen LogP contribution < -0.4 is 5.32 Å². The van der Waals surface area contributed by atoms with Crippen molar-refractivity contribution in [3.8, 4) is 0 Å². The number of aromatic nitrogens is 3. The number of nitrogens with zero attached hydrogens (tertiary/aromatic N) is 4. The van der Waals surface area contributed by atoms with Crippen LogP contribution in [-0.2, 0) is 32.5 Å². The average molecular weight is 393 g/mol. The molecule has 0 spiro atoms. The third-order valence-electron chi connectivity index (χ3n) is 5.49. The fourth-order valence-corrected chi connectivity index (χ4v) is 3.95. The Bertz CT molecular complexity index is 949. The third kappa shape index (κ3) is 4.24. The number of pyridine rings is 1. The highest BCUT2D eigenvalue weighted by molar-refractivity contribution is 5.94. The van der Waals surface area contributed by atoms with Gasteiger partial charge in [0.05, 0.1) is 12.8 Å². The first-order valence-corrected chi connectivity index (χ1v) is 10.1. The van der Waals surface area contributed by atoms with Gasteiger partial charge in [0.2, 0.25) is 0 Å². The summed E-state index contributed by atoms with van der Waals surface area (Å²) in [5, 5.41) is 8.29. The molecule has 1 amide bonds. The lowest BCUT2D eigenvalue weighted by atomic mass is 9.91. The van der Waals surface area contributed by atoms with Gasteiger partial charge in [-0.15, -0.1) is 0 Å². The molecule has 3 heterocycles. The van der Waals surface area contributed by atoms with Crippen LogP contribution in [0, 0.1) is 0 Å². The zero-order chi connectivity index (χ0) is 20.2. The van der Waals surface area contributed by atoms with Crippen LogP contribution in [0.25, 0.3) is 0 Å². The number of hydrogen-bond donors (Lipinski definition) is 1. The van der Waals surface area contributed by atoms with E-state index in [1.807, 2.05) is 29.1 Å². The molecule has 0 aliphatic heterocycles. The minimum absolute atomic E-state index is 0.0576. The summed E-state index contributed by atoms with van der Waals surface area (Å²) in [4.78, 5) is 19.0. The number of fused-ring (bicyclic) bond motifs is 1. The second-order valence-corrected chi connectivity index (χ2v) is 7.51. The van der Waals surface area contributed by atoms with Crippen LogP contribution >= 0.6 is 0 Å². The second kappa shape index (κ2) is 8.61. The Kier molecular flexibility index (Phi) is 5.76. The predicted molar refractivity (Wildman–Crippen MR) is 109 cm³/mol.